The van der Waals surface area contributed by atoms with Crippen LogP contribution in [0.15, 0.2) is 61.1 Å². The lowest BCUT2D eigenvalue weighted by atomic mass is 10.1. The number of nitrogens with two attached hydrogens (primary N) is 1. The average molecular weight is 432 g/mol. The van der Waals surface area contributed by atoms with E-state index in [0.717, 1.165) is 16.8 Å². The molecule has 0 bridgehead atoms. The Labute approximate surface area is 173 Å². The first kappa shape index (κ1) is 19.7. The standard InChI is InChI=1S/C20H13ClF3N5O/c21-15-8-13(20(22,23)24)9-26-17(15)29-18-16(25)19(28-10-27-18)30-14-6-5-11-3-1-2-4-12(11)7-14/h1-10H,25H2,(H,26,27,28,29). The van der Waals surface area contributed by atoms with Gasteiger partial charge in [-0.05, 0) is 29.0 Å². The topological polar surface area (TPSA) is 86.0 Å². The summed E-state index contributed by atoms with van der Waals surface area (Å²) < 4.78 is 44.1. The maximum absolute atomic E-state index is 12.8. The van der Waals surface area contributed by atoms with E-state index in [9.17, 15) is 13.2 Å². The molecule has 2 aromatic heterocycles. The molecule has 0 radical (unpaired) electrons. The van der Waals surface area contributed by atoms with Gasteiger partial charge in [-0.1, -0.05) is 41.9 Å². The van der Waals surface area contributed by atoms with Crippen LogP contribution < -0.4 is 15.8 Å². The van der Waals surface area contributed by atoms with Gasteiger partial charge in [0.1, 0.15) is 23.6 Å². The molecule has 0 saturated heterocycles. The smallest absolute Gasteiger partial charge is 0.417 e. The summed E-state index contributed by atoms with van der Waals surface area (Å²) in [5.74, 6) is 0.642. The van der Waals surface area contributed by atoms with Gasteiger partial charge in [0.25, 0.3) is 0 Å². The van der Waals surface area contributed by atoms with Crippen LogP contribution in [0.1, 0.15) is 5.56 Å². The lowest BCUT2D eigenvalue weighted by Gasteiger charge is -2.13. The zero-order chi connectivity index (χ0) is 21.3. The monoisotopic (exact) mass is 431 g/mol. The number of rotatable bonds is 4. The van der Waals surface area contributed by atoms with Crippen molar-refractivity contribution >= 4 is 39.7 Å². The lowest BCUT2D eigenvalue weighted by molar-refractivity contribution is -0.137. The number of nitrogens with zero attached hydrogens (tertiary/aromatic N) is 3. The summed E-state index contributed by atoms with van der Waals surface area (Å²) in [4.78, 5) is 11.7. The lowest BCUT2D eigenvalue weighted by Crippen LogP contribution is -2.08. The van der Waals surface area contributed by atoms with Gasteiger partial charge in [0.2, 0.25) is 5.88 Å². The van der Waals surface area contributed by atoms with Crippen LogP contribution in [0.2, 0.25) is 5.02 Å². The van der Waals surface area contributed by atoms with Crippen LogP contribution in [0.25, 0.3) is 10.8 Å². The number of nitrogens with one attached hydrogen (secondary N) is 1. The third kappa shape index (κ3) is 4.06. The Bertz CT molecular complexity index is 1230. The van der Waals surface area contributed by atoms with Gasteiger partial charge in [-0.25, -0.2) is 9.97 Å². The van der Waals surface area contributed by atoms with E-state index in [4.69, 9.17) is 22.1 Å². The number of anilines is 3. The van der Waals surface area contributed by atoms with Crippen molar-refractivity contribution in [1.29, 1.82) is 0 Å². The fraction of sp³-hybridized carbons (Fsp3) is 0.0500. The van der Waals surface area contributed by atoms with Gasteiger partial charge in [-0.3, -0.25) is 0 Å². The molecule has 3 N–H and O–H groups in total. The second kappa shape index (κ2) is 7.68. The first-order valence-electron chi connectivity index (χ1n) is 8.58. The van der Waals surface area contributed by atoms with Gasteiger partial charge in [-0.15, -0.1) is 0 Å². The number of nitrogen functional groups attached to an aromatic ring is 1. The molecule has 0 unspecified atom stereocenters. The molecular formula is C20H13ClF3N5O. The van der Waals surface area contributed by atoms with Crippen LogP contribution in [0, 0.1) is 0 Å². The third-order valence-corrected chi connectivity index (χ3v) is 4.48. The fourth-order valence-corrected chi connectivity index (χ4v) is 2.91. The number of ether oxygens (including phenoxy) is 1. The van der Waals surface area contributed by atoms with Crippen LogP contribution in [0.4, 0.5) is 30.5 Å². The number of hydrogen-bond acceptors (Lipinski definition) is 6. The predicted molar refractivity (Wildman–Crippen MR) is 108 cm³/mol. The van der Waals surface area contributed by atoms with Gasteiger partial charge in [0.15, 0.2) is 5.82 Å². The number of halogens is 4. The summed E-state index contributed by atoms with van der Waals surface area (Å²) in [7, 11) is 0. The van der Waals surface area contributed by atoms with Crippen molar-refractivity contribution in [2.24, 2.45) is 0 Å². The summed E-state index contributed by atoms with van der Waals surface area (Å²) in [5.41, 5.74) is 5.16. The average Bonchev–Trinajstić information content (AvgIpc) is 2.71. The van der Waals surface area contributed by atoms with E-state index in [1.807, 2.05) is 36.4 Å². The first-order valence-corrected chi connectivity index (χ1v) is 8.96. The molecule has 0 amide bonds. The Morgan fingerprint density at radius 2 is 1.70 bits per heavy atom. The molecule has 0 atom stereocenters. The van der Waals surface area contributed by atoms with Crippen LogP contribution >= 0.6 is 11.6 Å². The number of hydrogen-bond donors (Lipinski definition) is 2. The van der Waals surface area contributed by atoms with Crippen molar-refractivity contribution < 1.29 is 17.9 Å². The minimum atomic E-state index is -4.55. The van der Waals surface area contributed by atoms with Crippen LogP contribution in [-0.2, 0) is 6.18 Å². The zero-order valence-electron chi connectivity index (χ0n) is 15.1. The Morgan fingerprint density at radius 3 is 2.43 bits per heavy atom. The van der Waals surface area contributed by atoms with Crippen LogP contribution in [-0.4, -0.2) is 15.0 Å². The Morgan fingerprint density at radius 1 is 0.933 bits per heavy atom. The maximum atomic E-state index is 12.8. The van der Waals surface area contributed by atoms with Crippen molar-refractivity contribution in [1.82, 2.24) is 15.0 Å². The fourth-order valence-electron chi connectivity index (χ4n) is 2.70. The Balaban J connectivity index is 1.60. The molecule has 4 aromatic rings. The van der Waals surface area contributed by atoms with Gasteiger partial charge in [0.05, 0.1) is 10.6 Å². The maximum Gasteiger partial charge on any atom is 0.417 e. The van der Waals surface area contributed by atoms with Crippen LogP contribution in [0.3, 0.4) is 0 Å². The highest BCUT2D eigenvalue weighted by Crippen LogP contribution is 2.35. The van der Waals surface area contributed by atoms with E-state index in [1.165, 1.54) is 6.33 Å². The number of benzene rings is 2. The van der Waals surface area contributed by atoms with Crippen LogP contribution in [0.5, 0.6) is 11.6 Å². The number of pyridine rings is 1. The molecule has 0 fully saturated rings. The quantitative estimate of drug-likeness (QED) is 0.423. The molecule has 10 heteroatoms. The van der Waals surface area contributed by atoms with Crippen molar-refractivity contribution in [3.8, 4) is 11.6 Å². The third-order valence-electron chi connectivity index (χ3n) is 4.19. The molecule has 0 aliphatic heterocycles. The predicted octanol–water partition coefficient (Wildman–Crippen LogP) is 5.82. The molecule has 30 heavy (non-hydrogen) atoms. The van der Waals surface area contributed by atoms with E-state index in [2.05, 4.69) is 20.3 Å². The van der Waals surface area contributed by atoms with E-state index < -0.39 is 11.7 Å². The normalized spacial score (nSPS) is 11.5. The molecule has 0 spiro atoms. The molecule has 0 saturated carbocycles. The van der Waals surface area contributed by atoms with Gasteiger partial charge >= 0.3 is 6.18 Å². The highest BCUT2D eigenvalue weighted by Gasteiger charge is 2.31. The zero-order valence-corrected chi connectivity index (χ0v) is 15.9. The van der Waals surface area contributed by atoms with Crippen molar-refractivity contribution in [2.75, 3.05) is 11.1 Å². The number of aromatic nitrogens is 3. The van der Waals surface area contributed by atoms with Crippen molar-refractivity contribution in [2.45, 2.75) is 6.18 Å². The first-order chi connectivity index (χ1) is 14.3. The Kier molecular flexibility index (Phi) is 5.04. The summed E-state index contributed by atoms with van der Waals surface area (Å²) in [6, 6.07) is 14.0. The molecule has 0 aliphatic rings. The highest BCUT2D eigenvalue weighted by atomic mass is 35.5. The van der Waals surface area contributed by atoms with E-state index in [0.29, 0.717) is 11.9 Å². The van der Waals surface area contributed by atoms with Gasteiger partial charge < -0.3 is 15.8 Å². The summed E-state index contributed by atoms with van der Waals surface area (Å²) >= 11 is 5.92. The second-order valence-electron chi connectivity index (χ2n) is 6.23. The molecule has 6 nitrogen and oxygen atoms in total. The summed E-state index contributed by atoms with van der Waals surface area (Å²) in [6.45, 7) is 0. The molecule has 2 heterocycles. The minimum Gasteiger partial charge on any atom is -0.437 e. The minimum absolute atomic E-state index is 0.0354. The molecule has 0 aliphatic carbocycles. The molecule has 152 valence electrons. The molecule has 2 aromatic carbocycles. The van der Waals surface area contributed by atoms with E-state index in [1.54, 1.807) is 6.07 Å². The summed E-state index contributed by atoms with van der Waals surface area (Å²) in [6.07, 6.45) is -2.69. The Hall–Kier alpha value is -3.59. The highest BCUT2D eigenvalue weighted by molar-refractivity contribution is 6.33. The number of alkyl halides is 3. The van der Waals surface area contributed by atoms with Gasteiger partial charge in [-0.2, -0.15) is 18.2 Å². The molecular weight excluding hydrogens is 419 g/mol. The van der Waals surface area contributed by atoms with Crippen molar-refractivity contribution in [3.63, 3.8) is 0 Å². The summed E-state index contributed by atoms with van der Waals surface area (Å²) in [5, 5.41) is 4.49. The molecule has 4 rings (SSSR count). The second-order valence-corrected chi connectivity index (χ2v) is 6.64. The largest absolute Gasteiger partial charge is 0.437 e. The SMILES string of the molecule is Nc1c(Nc2ncc(C(F)(F)F)cc2Cl)ncnc1Oc1ccc2ccccc2c1. The van der Waals surface area contributed by atoms with E-state index in [-0.39, 0.29) is 28.2 Å². The van der Waals surface area contributed by atoms with E-state index >= 15 is 0 Å². The number of fused-ring (bicyclic) bond motifs is 1. The van der Waals surface area contributed by atoms with Gasteiger partial charge in [0, 0.05) is 6.20 Å². The van der Waals surface area contributed by atoms with Crippen molar-refractivity contribution in [3.05, 3.63) is 71.6 Å².